The van der Waals surface area contributed by atoms with Gasteiger partial charge in [-0.05, 0) is 51.3 Å². The molecule has 1 nitrogen and oxygen atoms in total. The van der Waals surface area contributed by atoms with Crippen molar-refractivity contribution >= 4 is 0 Å². The molecular formula is C14H21N. The molecule has 0 aliphatic carbocycles. The van der Waals surface area contributed by atoms with Crippen LogP contribution in [0.5, 0.6) is 0 Å². The Bertz CT molecular complexity index is 350. The molecule has 1 heteroatoms. The van der Waals surface area contributed by atoms with Crippen LogP contribution in [-0.2, 0) is 6.42 Å². The summed E-state index contributed by atoms with van der Waals surface area (Å²) in [6, 6.07) is 6.63. The van der Waals surface area contributed by atoms with E-state index in [0.29, 0.717) is 0 Å². The van der Waals surface area contributed by atoms with Crippen LogP contribution in [0, 0.1) is 13.8 Å². The number of allylic oxidation sites excluding steroid dienone is 1. The van der Waals surface area contributed by atoms with Crippen molar-refractivity contribution in [3.8, 4) is 0 Å². The van der Waals surface area contributed by atoms with E-state index in [0.717, 1.165) is 19.4 Å². The van der Waals surface area contributed by atoms with E-state index >= 15 is 0 Å². The Hall–Kier alpha value is -1.08. The summed E-state index contributed by atoms with van der Waals surface area (Å²) < 4.78 is 0. The summed E-state index contributed by atoms with van der Waals surface area (Å²) in [4.78, 5) is 0. The molecule has 0 aliphatic heterocycles. The number of rotatable bonds is 4. The lowest BCUT2D eigenvalue weighted by atomic mass is 9.99. The van der Waals surface area contributed by atoms with Crippen molar-refractivity contribution in [1.82, 2.24) is 0 Å². The van der Waals surface area contributed by atoms with Gasteiger partial charge in [0.15, 0.2) is 0 Å². The summed E-state index contributed by atoms with van der Waals surface area (Å²) in [7, 11) is 0. The lowest BCUT2D eigenvalue weighted by Crippen LogP contribution is -1.97. The highest BCUT2D eigenvalue weighted by atomic mass is 14.5. The van der Waals surface area contributed by atoms with Crippen molar-refractivity contribution in [2.24, 2.45) is 5.73 Å². The van der Waals surface area contributed by atoms with E-state index in [4.69, 9.17) is 5.73 Å². The van der Waals surface area contributed by atoms with Gasteiger partial charge in [0.25, 0.3) is 0 Å². The van der Waals surface area contributed by atoms with Crippen LogP contribution in [0.25, 0.3) is 0 Å². The quantitative estimate of drug-likeness (QED) is 0.747. The summed E-state index contributed by atoms with van der Waals surface area (Å²) in [5.41, 5.74) is 11.0. The first kappa shape index (κ1) is 12.0. The van der Waals surface area contributed by atoms with Crippen molar-refractivity contribution in [2.75, 3.05) is 6.54 Å². The highest BCUT2D eigenvalue weighted by molar-refractivity contribution is 5.33. The second-order valence-electron chi connectivity index (χ2n) is 4.23. The van der Waals surface area contributed by atoms with E-state index < -0.39 is 0 Å². The predicted octanol–water partition coefficient (Wildman–Crippen LogP) is 3.14. The summed E-state index contributed by atoms with van der Waals surface area (Å²) in [5, 5.41) is 0. The van der Waals surface area contributed by atoms with Gasteiger partial charge in [0.2, 0.25) is 0 Å². The van der Waals surface area contributed by atoms with Crippen molar-refractivity contribution in [2.45, 2.75) is 33.6 Å². The van der Waals surface area contributed by atoms with Gasteiger partial charge in [-0.3, -0.25) is 0 Å². The van der Waals surface area contributed by atoms with E-state index in [1.54, 1.807) is 0 Å². The maximum atomic E-state index is 5.48. The first-order valence-corrected chi connectivity index (χ1v) is 5.55. The van der Waals surface area contributed by atoms with Gasteiger partial charge in [0.05, 0.1) is 0 Å². The first-order valence-electron chi connectivity index (χ1n) is 5.55. The minimum atomic E-state index is 0.740. The van der Waals surface area contributed by atoms with E-state index in [2.05, 4.69) is 45.0 Å². The molecule has 0 radical (unpaired) electrons. The fraction of sp³-hybridized carbons (Fsp3) is 0.429. The van der Waals surface area contributed by atoms with Gasteiger partial charge in [-0.1, -0.05) is 35.4 Å². The average molecular weight is 203 g/mol. The molecule has 0 heterocycles. The van der Waals surface area contributed by atoms with Crippen LogP contribution in [0.4, 0.5) is 0 Å². The molecule has 0 aromatic heterocycles. The predicted molar refractivity (Wildman–Crippen MR) is 67.0 cm³/mol. The van der Waals surface area contributed by atoms with Crippen LogP contribution < -0.4 is 5.73 Å². The van der Waals surface area contributed by atoms with Gasteiger partial charge >= 0.3 is 0 Å². The second-order valence-corrected chi connectivity index (χ2v) is 4.23. The smallest absolute Gasteiger partial charge is 0.00425 e. The Kier molecular flexibility index (Phi) is 4.57. The molecule has 1 aromatic rings. The molecule has 1 rings (SSSR count). The van der Waals surface area contributed by atoms with E-state index in [1.165, 1.54) is 22.3 Å². The topological polar surface area (TPSA) is 26.0 Å². The van der Waals surface area contributed by atoms with Gasteiger partial charge in [-0.2, -0.15) is 0 Å². The molecule has 2 N–H and O–H groups in total. The number of nitrogens with two attached hydrogens (primary N) is 1. The molecule has 0 bridgehead atoms. The van der Waals surface area contributed by atoms with Crippen molar-refractivity contribution in [3.05, 3.63) is 46.5 Å². The highest BCUT2D eigenvalue weighted by Gasteiger charge is 1.99. The van der Waals surface area contributed by atoms with Crippen LogP contribution in [0.2, 0.25) is 0 Å². The molecule has 1 aromatic carbocycles. The maximum absolute atomic E-state index is 5.48. The first-order chi connectivity index (χ1) is 7.13. The number of hydrogen-bond donors (Lipinski definition) is 1. The molecular weight excluding hydrogens is 182 g/mol. The van der Waals surface area contributed by atoms with Crippen LogP contribution in [0.1, 0.15) is 30.0 Å². The molecule has 0 unspecified atom stereocenters. The molecule has 0 amide bonds. The third-order valence-corrected chi connectivity index (χ3v) is 2.63. The SMILES string of the molecule is CC(=CCCN)Cc1cc(C)ccc1C. The number of hydrogen-bond acceptors (Lipinski definition) is 1. The molecule has 0 fully saturated rings. The maximum Gasteiger partial charge on any atom is -0.00425 e. The Morgan fingerprint density at radius 1 is 1.33 bits per heavy atom. The third kappa shape index (κ3) is 3.88. The standard InChI is InChI=1S/C14H21N/c1-11(5-4-8-15)9-14-10-12(2)6-7-13(14)3/h5-7,10H,4,8-9,15H2,1-3H3. The summed E-state index contributed by atoms with van der Waals surface area (Å²) >= 11 is 0. The Morgan fingerprint density at radius 3 is 2.73 bits per heavy atom. The minimum absolute atomic E-state index is 0.740. The van der Waals surface area contributed by atoms with E-state index in [-0.39, 0.29) is 0 Å². The molecule has 0 saturated carbocycles. The Balaban J connectivity index is 2.75. The summed E-state index contributed by atoms with van der Waals surface area (Å²) in [5.74, 6) is 0. The minimum Gasteiger partial charge on any atom is -0.330 e. The van der Waals surface area contributed by atoms with E-state index in [9.17, 15) is 0 Å². The fourth-order valence-corrected chi connectivity index (χ4v) is 1.69. The van der Waals surface area contributed by atoms with Crippen molar-refractivity contribution < 1.29 is 0 Å². The van der Waals surface area contributed by atoms with Gasteiger partial charge < -0.3 is 5.73 Å². The lowest BCUT2D eigenvalue weighted by Gasteiger charge is -2.07. The summed E-state index contributed by atoms with van der Waals surface area (Å²) in [6.07, 6.45) is 4.27. The number of benzene rings is 1. The monoisotopic (exact) mass is 203 g/mol. The van der Waals surface area contributed by atoms with Crippen LogP contribution in [0.15, 0.2) is 29.8 Å². The third-order valence-electron chi connectivity index (χ3n) is 2.63. The fourth-order valence-electron chi connectivity index (χ4n) is 1.69. The Labute approximate surface area is 93.0 Å². The zero-order valence-electron chi connectivity index (χ0n) is 10.0. The molecule has 0 saturated heterocycles. The van der Waals surface area contributed by atoms with Gasteiger partial charge in [0.1, 0.15) is 0 Å². The molecule has 82 valence electrons. The number of aryl methyl sites for hydroxylation is 2. The van der Waals surface area contributed by atoms with Crippen LogP contribution in [0.3, 0.4) is 0 Å². The van der Waals surface area contributed by atoms with Gasteiger partial charge in [0, 0.05) is 0 Å². The average Bonchev–Trinajstić information content (AvgIpc) is 2.20. The molecule has 0 aliphatic rings. The molecule has 0 spiro atoms. The zero-order valence-corrected chi connectivity index (χ0v) is 10.0. The molecule has 15 heavy (non-hydrogen) atoms. The largest absolute Gasteiger partial charge is 0.330 e. The van der Waals surface area contributed by atoms with Gasteiger partial charge in [-0.25, -0.2) is 0 Å². The normalized spacial score (nSPS) is 11.9. The van der Waals surface area contributed by atoms with Crippen LogP contribution >= 0.6 is 0 Å². The zero-order chi connectivity index (χ0) is 11.3. The van der Waals surface area contributed by atoms with Crippen molar-refractivity contribution in [3.63, 3.8) is 0 Å². The lowest BCUT2D eigenvalue weighted by molar-refractivity contribution is 0.978. The van der Waals surface area contributed by atoms with Crippen LogP contribution in [-0.4, -0.2) is 6.54 Å². The van der Waals surface area contributed by atoms with E-state index in [1.807, 2.05) is 0 Å². The summed E-state index contributed by atoms with van der Waals surface area (Å²) in [6.45, 7) is 7.23. The van der Waals surface area contributed by atoms with Gasteiger partial charge in [-0.15, -0.1) is 0 Å². The highest BCUT2D eigenvalue weighted by Crippen LogP contribution is 2.15. The second kappa shape index (κ2) is 5.72. The van der Waals surface area contributed by atoms with Crippen molar-refractivity contribution in [1.29, 1.82) is 0 Å². The Morgan fingerprint density at radius 2 is 2.07 bits per heavy atom. The molecule has 0 atom stereocenters.